The third kappa shape index (κ3) is 7.33. The van der Waals surface area contributed by atoms with Gasteiger partial charge in [0.1, 0.15) is 23.7 Å². The van der Waals surface area contributed by atoms with E-state index in [4.69, 9.17) is 0 Å². The van der Waals surface area contributed by atoms with Crippen LogP contribution in [0.25, 0.3) is 22.6 Å². The van der Waals surface area contributed by atoms with Gasteiger partial charge in [0.15, 0.2) is 0 Å². The average Bonchev–Trinajstić information content (AvgIpc) is 3.80. The zero-order valence-electron chi connectivity index (χ0n) is 26.1. The number of likely N-dealkylation sites (tertiary alicyclic amines) is 1. The van der Waals surface area contributed by atoms with E-state index in [1.165, 1.54) is 53.1 Å². The molecule has 0 radical (unpaired) electrons. The highest BCUT2D eigenvalue weighted by molar-refractivity contribution is 5.97. The molecular formula is C36H39F2N5O3. The van der Waals surface area contributed by atoms with Crippen molar-refractivity contribution in [1.29, 1.82) is 0 Å². The van der Waals surface area contributed by atoms with Gasteiger partial charge in [-0.1, -0.05) is 36.4 Å². The topological polar surface area (TPSA) is 94.6 Å². The number of likely N-dealkylation sites (N-methyl/N-ethyl adjacent to an activating group) is 1. The molecule has 3 heterocycles. The van der Waals surface area contributed by atoms with Crippen molar-refractivity contribution in [1.82, 2.24) is 25.4 Å². The predicted molar refractivity (Wildman–Crippen MR) is 174 cm³/mol. The highest BCUT2D eigenvalue weighted by atomic mass is 19.1. The Labute approximate surface area is 267 Å². The normalized spacial score (nSPS) is 21.0. The largest absolute Gasteiger partial charge is 0.348 e. The van der Waals surface area contributed by atoms with Crippen LogP contribution in [0.3, 0.4) is 0 Å². The van der Waals surface area contributed by atoms with Gasteiger partial charge in [-0.3, -0.25) is 14.4 Å². The van der Waals surface area contributed by atoms with Gasteiger partial charge >= 0.3 is 0 Å². The van der Waals surface area contributed by atoms with Gasteiger partial charge in [-0.15, -0.1) is 0 Å². The first-order chi connectivity index (χ1) is 22.1. The van der Waals surface area contributed by atoms with Crippen LogP contribution in [0.15, 0.2) is 60.7 Å². The van der Waals surface area contributed by atoms with Gasteiger partial charge in [0.2, 0.25) is 11.8 Å². The summed E-state index contributed by atoms with van der Waals surface area (Å²) in [6, 6.07) is 12.0. The number of fused-ring (bicyclic) bond motifs is 1. The van der Waals surface area contributed by atoms with E-state index in [1.54, 1.807) is 6.07 Å². The Balaban J connectivity index is 1.11. The van der Waals surface area contributed by atoms with E-state index in [9.17, 15) is 23.2 Å². The fourth-order valence-electron chi connectivity index (χ4n) is 6.14. The third-order valence-electron chi connectivity index (χ3n) is 9.02. The van der Waals surface area contributed by atoms with Crippen molar-refractivity contribution in [3.05, 3.63) is 88.9 Å². The fourth-order valence-corrected chi connectivity index (χ4v) is 6.14. The molecule has 2 aromatic carbocycles. The number of halogens is 2. The summed E-state index contributed by atoms with van der Waals surface area (Å²) in [5, 5.41) is 6.09. The fraction of sp³-hybridized carbons (Fsp3) is 0.389. The van der Waals surface area contributed by atoms with E-state index in [0.29, 0.717) is 16.8 Å². The lowest BCUT2D eigenvalue weighted by Gasteiger charge is -2.26. The molecule has 3 amide bonds. The molecule has 1 saturated carbocycles. The number of benzene rings is 2. The number of pyridine rings is 1. The molecule has 46 heavy (non-hydrogen) atoms. The van der Waals surface area contributed by atoms with Crippen molar-refractivity contribution in [3.8, 4) is 0 Å². The second kappa shape index (κ2) is 13.5. The number of amides is 3. The predicted octanol–water partition coefficient (Wildman–Crippen LogP) is 5.06. The number of hydrogen-bond acceptors (Lipinski definition) is 5. The number of hydrogen-bond donors (Lipinski definition) is 2. The summed E-state index contributed by atoms with van der Waals surface area (Å²) < 4.78 is 28.1. The summed E-state index contributed by atoms with van der Waals surface area (Å²) in [4.78, 5) is 47.1. The number of carbonyl (C=O) groups excluding carboxylic acids is 3. The molecule has 2 fully saturated rings. The van der Waals surface area contributed by atoms with E-state index in [0.717, 1.165) is 30.6 Å². The highest BCUT2D eigenvalue weighted by Gasteiger charge is 2.40. The smallest absolute Gasteiger partial charge is 0.270 e. The SMILES string of the molecule is C[C@H](NC(=O)[C@@H]1C[C@@H](F)CN1C(=O)CNC(=O)c1ccc2cc(F)ccc2n1)c1ccc(C2=CCN(C)CC2)cc1/C=C/C1CC1. The van der Waals surface area contributed by atoms with E-state index in [-0.39, 0.29) is 24.7 Å². The summed E-state index contributed by atoms with van der Waals surface area (Å²) >= 11 is 0. The van der Waals surface area contributed by atoms with Gasteiger partial charge in [0.25, 0.3) is 5.91 Å². The molecule has 0 bridgehead atoms. The number of carbonyl (C=O) groups is 3. The van der Waals surface area contributed by atoms with E-state index < -0.39 is 42.3 Å². The molecule has 1 aromatic heterocycles. The van der Waals surface area contributed by atoms with Crippen molar-refractivity contribution in [2.75, 3.05) is 33.2 Å². The molecule has 2 N–H and O–H groups in total. The molecule has 6 rings (SSSR count). The first-order valence-corrected chi connectivity index (χ1v) is 15.9. The van der Waals surface area contributed by atoms with Crippen molar-refractivity contribution >= 4 is 40.3 Å². The van der Waals surface area contributed by atoms with Crippen molar-refractivity contribution in [2.24, 2.45) is 5.92 Å². The first-order valence-electron chi connectivity index (χ1n) is 15.9. The van der Waals surface area contributed by atoms with Crippen molar-refractivity contribution < 1.29 is 23.2 Å². The molecule has 2 aliphatic heterocycles. The summed E-state index contributed by atoms with van der Waals surface area (Å²) in [5.74, 6) is -1.42. The quantitative estimate of drug-likeness (QED) is 0.346. The number of nitrogens with zero attached hydrogens (tertiary/aromatic N) is 3. The molecule has 1 saturated heterocycles. The molecule has 0 unspecified atom stereocenters. The van der Waals surface area contributed by atoms with Crippen LogP contribution in [-0.4, -0.2) is 77.9 Å². The van der Waals surface area contributed by atoms with Crippen LogP contribution in [0, 0.1) is 11.7 Å². The number of rotatable bonds is 9. The van der Waals surface area contributed by atoms with Crippen LogP contribution in [0.1, 0.15) is 65.8 Å². The minimum atomic E-state index is -1.35. The molecule has 240 valence electrons. The Morgan fingerprint density at radius 2 is 1.93 bits per heavy atom. The average molecular weight is 628 g/mol. The zero-order valence-corrected chi connectivity index (χ0v) is 26.1. The molecule has 3 aliphatic rings. The van der Waals surface area contributed by atoms with E-state index >= 15 is 0 Å². The van der Waals surface area contributed by atoms with Gasteiger partial charge < -0.3 is 20.4 Å². The second-order valence-electron chi connectivity index (χ2n) is 12.6. The molecule has 8 nitrogen and oxygen atoms in total. The maximum Gasteiger partial charge on any atom is 0.270 e. The Kier molecular flexibility index (Phi) is 9.26. The van der Waals surface area contributed by atoms with Gasteiger partial charge in [-0.2, -0.15) is 0 Å². The maximum atomic E-state index is 14.6. The van der Waals surface area contributed by atoms with Crippen LogP contribution in [0.5, 0.6) is 0 Å². The second-order valence-corrected chi connectivity index (χ2v) is 12.6. The van der Waals surface area contributed by atoms with Gasteiger partial charge in [0, 0.05) is 24.9 Å². The molecule has 3 atom stereocenters. The third-order valence-corrected chi connectivity index (χ3v) is 9.02. The number of nitrogens with one attached hydrogen (secondary N) is 2. The molecule has 1 aliphatic carbocycles. The van der Waals surface area contributed by atoms with Crippen molar-refractivity contribution in [3.63, 3.8) is 0 Å². The highest BCUT2D eigenvalue weighted by Crippen LogP contribution is 2.33. The lowest BCUT2D eigenvalue weighted by atomic mass is 9.92. The Morgan fingerprint density at radius 3 is 2.70 bits per heavy atom. The summed E-state index contributed by atoms with van der Waals surface area (Å²) in [7, 11) is 2.11. The minimum absolute atomic E-state index is 0.0597. The molecule has 3 aromatic rings. The lowest BCUT2D eigenvalue weighted by molar-refractivity contribution is -0.138. The Hall–Kier alpha value is -4.44. The Bertz CT molecular complexity index is 1720. The molecule has 10 heteroatoms. The van der Waals surface area contributed by atoms with Crippen LogP contribution < -0.4 is 10.6 Å². The van der Waals surface area contributed by atoms with Gasteiger partial charge in [-0.05, 0) is 91.7 Å². The van der Waals surface area contributed by atoms with E-state index in [1.807, 2.05) is 13.0 Å². The monoisotopic (exact) mass is 627 g/mol. The summed E-state index contributed by atoms with van der Waals surface area (Å²) in [6.07, 6.45) is 8.52. The number of alkyl halides is 1. The first kappa shape index (κ1) is 31.5. The number of aromatic nitrogens is 1. The van der Waals surface area contributed by atoms with Gasteiger partial charge in [0.05, 0.1) is 24.6 Å². The summed E-state index contributed by atoms with van der Waals surface area (Å²) in [5.41, 5.74) is 4.97. The maximum absolute atomic E-state index is 14.6. The van der Waals surface area contributed by atoms with Gasteiger partial charge in [-0.25, -0.2) is 13.8 Å². The standard InChI is InChI=1S/C36H39F2N5O3/c1-22(30-10-7-25(24-13-15-42(2)16-14-24)17-26(30)6-5-23-3-4-23)40-36(46)33-19-29(38)21-43(33)34(44)20-39-35(45)32-11-8-27-18-28(37)9-12-31(27)41-32/h5-13,17-18,22-23,29,33H,3-4,14-16,19-21H2,1-2H3,(H,39,45)(H,40,46)/b6-5+/t22-,29+,33-/m0/s1. The number of allylic oxidation sites excluding steroid dienone is 1. The Morgan fingerprint density at radius 1 is 1.11 bits per heavy atom. The summed E-state index contributed by atoms with van der Waals surface area (Å²) in [6.45, 7) is 3.17. The zero-order chi connectivity index (χ0) is 32.4. The molecule has 0 spiro atoms. The minimum Gasteiger partial charge on any atom is -0.348 e. The lowest BCUT2D eigenvalue weighted by Crippen LogP contribution is -2.49. The van der Waals surface area contributed by atoms with Crippen LogP contribution in [-0.2, 0) is 9.59 Å². The molecular weight excluding hydrogens is 588 g/mol. The van der Waals surface area contributed by atoms with Crippen LogP contribution in [0.2, 0.25) is 0 Å². The van der Waals surface area contributed by atoms with Crippen LogP contribution >= 0.6 is 0 Å². The van der Waals surface area contributed by atoms with Crippen LogP contribution in [0.4, 0.5) is 8.78 Å². The van der Waals surface area contributed by atoms with E-state index in [2.05, 4.69) is 57.9 Å². The van der Waals surface area contributed by atoms with Crippen molar-refractivity contribution in [2.45, 2.75) is 50.9 Å².